The Morgan fingerprint density at radius 1 is 1.14 bits per heavy atom. The van der Waals surface area contributed by atoms with Crippen LogP contribution in [0.3, 0.4) is 0 Å². The predicted octanol–water partition coefficient (Wildman–Crippen LogP) is 1.11. The van der Waals surface area contributed by atoms with Gasteiger partial charge in [-0.15, -0.1) is 0 Å². The van der Waals surface area contributed by atoms with Crippen molar-refractivity contribution in [2.75, 3.05) is 0 Å². The molecule has 2 aromatic heterocycles. The minimum Gasteiger partial charge on any atom is -0.188 e. The number of nitrogens with one attached hydrogen (secondary N) is 2. The van der Waals surface area contributed by atoms with Crippen molar-refractivity contribution in [3.8, 4) is 28.6 Å². The van der Waals surface area contributed by atoms with Crippen LogP contribution < -0.4 is 9.20 Å². The summed E-state index contributed by atoms with van der Waals surface area (Å²) in [6.45, 7) is 6.99. The highest BCUT2D eigenvalue weighted by molar-refractivity contribution is 5.75. The van der Waals surface area contributed by atoms with E-state index in [1.165, 1.54) is 0 Å². The van der Waals surface area contributed by atoms with E-state index in [0.717, 1.165) is 0 Å². The van der Waals surface area contributed by atoms with Crippen LogP contribution in [0.4, 0.5) is 5.82 Å². The van der Waals surface area contributed by atoms with Gasteiger partial charge in [0.05, 0.1) is 4.91 Å². The lowest BCUT2D eigenvalue weighted by atomic mass is 10.0. The molecule has 3 aromatic rings. The fraction of sp³-hybridized carbons (Fsp3) is 0. The number of aromatic amines is 2. The summed E-state index contributed by atoms with van der Waals surface area (Å²) in [4.78, 5) is 25.7. The number of hydrogen-bond acceptors (Lipinski definition) is 5. The maximum absolute atomic E-state index is 11.3. The first-order valence-corrected chi connectivity index (χ1v) is 5.83. The third-order valence-corrected chi connectivity index (χ3v) is 2.93. The van der Waals surface area contributed by atoms with E-state index in [-0.39, 0.29) is 32.1 Å². The van der Waals surface area contributed by atoms with Crippen LogP contribution in [0.5, 0.6) is 0 Å². The molecule has 0 radical (unpaired) electrons. The second-order valence-corrected chi connectivity index (χ2v) is 4.13. The Bertz CT molecular complexity index is 973. The summed E-state index contributed by atoms with van der Waals surface area (Å²) in [5, 5.41) is 13.7. The summed E-state index contributed by atoms with van der Waals surface area (Å²) >= 11 is 0. The Labute approximate surface area is 120 Å². The molecule has 2 heterocycles. The smallest absolute Gasteiger partial charge is 0.188 e. The molecule has 2 N–H and O–H groups in total. The van der Waals surface area contributed by atoms with E-state index >= 15 is 0 Å². The number of aromatic nitrogens is 4. The van der Waals surface area contributed by atoms with Gasteiger partial charge in [-0.05, 0) is 16.5 Å². The zero-order valence-corrected chi connectivity index (χ0v) is 10.7. The van der Waals surface area contributed by atoms with Crippen LogP contribution in [0.2, 0.25) is 0 Å². The normalized spacial score (nSPS) is 10.1. The maximum Gasteiger partial charge on any atom is 0.547 e. The summed E-state index contributed by atoms with van der Waals surface area (Å²) in [6.07, 6.45) is 0. The van der Waals surface area contributed by atoms with Gasteiger partial charge in [0.1, 0.15) is 6.57 Å². The summed E-state index contributed by atoms with van der Waals surface area (Å²) < 4.78 is 9.16. The topological polar surface area (TPSA) is 132 Å². The minimum atomic E-state index is -0.257. The van der Waals surface area contributed by atoms with Crippen LogP contribution in [0, 0.1) is 27.7 Å². The highest BCUT2D eigenvalue weighted by atomic mass is 16.7. The maximum atomic E-state index is 11.3. The second kappa shape index (κ2) is 4.88. The van der Waals surface area contributed by atoms with Gasteiger partial charge in [-0.1, -0.05) is 32.6 Å². The Kier molecular flexibility index (Phi) is 2.90. The third kappa shape index (κ3) is 1.88. The molecule has 0 bridgehead atoms. The summed E-state index contributed by atoms with van der Waals surface area (Å²) in [6, 6.07) is 8.19. The molecular formula is C12H6N6O4+2. The van der Waals surface area contributed by atoms with Gasteiger partial charge in [0.15, 0.2) is 16.4 Å². The molecule has 0 fully saturated rings. The van der Waals surface area contributed by atoms with Crippen LogP contribution in [-0.4, -0.2) is 10.3 Å². The molecule has 0 aliphatic heterocycles. The van der Waals surface area contributed by atoms with Gasteiger partial charge in [0.25, 0.3) is 4.60 Å². The highest BCUT2D eigenvalue weighted by Crippen LogP contribution is 2.28. The molecule has 0 amide bonds. The lowest BCUT2D eigenvalue weighted by molar-refractivity contribution is -0.715. The van der Waals surface area contributed by atoms with Gasteiger partial charge in [-0.2, -0.15) is 15.3 Å². The first-order valence-electron chi connectivity index (χ1n) is 5.83. The molecule has 3 rings (SSSR count). The van der Waals surface area contributed by atoms with Gasteiger partial charge < -0.3 is 0 Å². The fourth-order valence-electron chi connectivity index (χ4n) is 1.95. The molecule has 0 unspecified atom stereocenters. The van der Waals surface area contributed by atoms with E-state index in [9.17, 15) is 9.81 Å². The Morgan fingerprint density at radius 2 is 1.77 bits per heavy atom. The second-order valence-electron chi connectivity index (χ2n) is 4.13. The van der Waals surface area contributed by atoms with Crippen LogP contribution in [0.15, 0.2) is 33.5 Å². The zero-order valence-electron chi connectivity index (χ0n) is 10.7. The van der Waals surface area contributed by atoms with Gasteiger partial charge in [0, 0.05) is 5.56 Å². The number of H-pyrrole nitrogens is 2. The molecule has 106 valence electrons. The van der Waals surface area contributed by atoms with E-state index in [0.29, 0.717) is 11.1 Å². The highest BCUT2D eigenvalue weighted by Gasteiger charge is 2.26. The van der Waals surface area contributed by atoms with Crippen molar-refractivity contribution in [3.63, 3.8) is 0 Å². The van der Waals surface area contributed by atoms with E-state index in [4.69, 9.17) is 11.8 Å². The molecular weight excluding hydrogens is 292 g/mol. The van der Waals surface area contributed by atoms with Gasteiger partial charge in [-0.25, -0.2) is 0 Å². The van der Waals surface area contributed by atoms with Gasteiger partial charge in [0.2, 0.25) is 5.69 Å². The standard InChI is InChI=1S/C12H6N6O4/c1-14-12-11(16-22-18(12)20)8-4-2-3-7(5-8)10-9(6-13)17(19)21-15-10/h2-5,15-16H/q+2. The van der Waals surface area contributed by atoms with Crippen molar-refractivity contribution in [3.05, 3.63) is 51.2 Å². The third-order valence-electron chi connectivity index (χ3n) is 2.93. The Morgan fingerprint density at radius 3 is 2.45 bits per heavy atom. The molecule has 1 aromatic carbocycles. The molecule has 0 aliphatic rings. The van der Waals surface area contributed by atoms with Crippen molar-refractivity contribution < 1.29 is 18.5 Å². The van der Waals surface area contributed by atoms with Crippen LogP contribution in [0.25, 0.3) is 27.4 Å². The molecule has 10 heteroatoms. The molecule has 0 atom stereocenters. The number of rotatable bonds is 2. The van der Waals surface area contributed by atoms with Crippen molar-refractivity contribution >= 4 is 5.82 Å². The first-order chi connectivity index (χ1) is 10.7. The van der Waals surface area contributed by atoms with E-state index in [2.05, 4.69) is 24.4 Å². The Hall–Kier alpha value is -3.92. The summed E-state index contributed by atoms with van der Waals surface area (Å²) in [7, 11) is 0. The van der Waals surface area contributed by atoms with Crippen molar-refractivity contribution in [2.45, 2.75) is 0 Å². The first kappa shape index (κ1) is 13.1. The quantitative estimate of drug-likeness (QED) is 0.684. The Balaban J connectivity index is 2.19. The van der Waals surface area contributed by atoms with E-state index < -0.39 is 0 Å². The lowest BCUT2D eigenvalue weighted by Crippen LogP contribution is -2.13. The van der Waals surface area contributed by atoms with Gasteiger partial charge in [-0.3, -0.25) is 0 Å². The molecule has 0 aliphatic carbocycles. The van der Waals surface area contributed by atoms with Crippen LogP contribution in [-0.2, 0) is 0 Å². The lowest BCUT2D eigenvalue weighted by Gasteiger charge is -1.97. The minimum absolute atomic E-state index is 0.0577. The molecule has 0 spiro atoms. The van der Waals surface area contributed by atoms with Crippen molar-refractivity contribution in [2.24, 2.45) is 0 Å². The summed E-state index contributed by atoms with van der Waals surface area (Å²) in [5.74, 6) is -0.257. The fourth-order valence-corrected chi connectivity index (χ4v) is 1.95. The average molecular weight is 298 g/mol. The average Bonchev–Trinajstić information content (AvgIpc) is 3.09. The number of benzene rings is 1. The van der Waals surface area contributed by atoms with Crippen LogP contribution in [0.1, 0.15) is 5.69 Å². The van der Waals surface area contributed by atoms with Crippen molar-refractivity contribution in [1.82, 2.24) is 10.3 Å². The molecule has 10 nitrogen and oxygen atoms in total. The summed E-state index contributed by atoms with van der Waals surface area (Å²) in [5.41, 5.74) is 1.07. The number of hydrogen-bond donors (Lipinski definition) is 2. The van der Waals surface area contributed by atoms with Crippen molar-refractivity contribution in [1.29, 1.82) is 5.26 Å². The largest absolute Gasteiger partial charge is 0.547 e. The molecule has 0 saturated heterocycles. The van der Waals surface area contributed by atoms with E-state index in [1.54, 1.807) is 30.3 Å². The number of nitrogens with zero attached hydrogens (tertiary/aromatic N) is 4. The SMILES string of the molecule is [C-]#[N+]c1c(-c2cccc(-c3[nH]o[n+](=O)c3C#N)c2)[nH]o[n+]1=O. The molecule has 0 saturated carbocycles. The monoisotopic (exact) mass is 298 g/mol. The zero-order chi connectivity index (χ0) is 15.7. The van der Waals surface area contributed by atoms with Crippen LogP contribution >= 0.6 is 0 Å². The predicted molar refractivity (Wildman–Crippen MR) is 68.3 cm³/mol. The molecule has 22 heavy (non-hydrogen) atoms. The number of nitriles is 1. The van der Waals surface area contributed by atoms with E-state index in [1.807, 2.05) is 0 Å². The van der Waals surface area contributed by atoms with Gasteiger partial charge >= 0.3 is 11.5 Å².